The number of nitrogens with two attached hydrogens (primary N) is 1. The average Bonchev–Trinajstić information content (AvgIpc) is 2.14. The summed E-state index contributed by atoms with van der Waals surface area (Å²) in [5, 5.41) is 0. The third kappa shape index (κ3) is 3.75. The maximum Gasteiger partial charge on any atom is 0.502 e. The molecule has 0 aromatic carbocycles. The van der Waals surface area contributed by atoms with Crippen LogP contribution in [-0.4, -0.2) is 12.0 Å². The van der Waals surface area contributed by atoms with Crippen molar-refractivity contribution in [2.75, 3.05) is 0 Å². The topological polar surface area (TPSA) is 38.9 Å². The third-order valence-corrected chi connectivity index (χ3v) is 1.87. The van der Waals surface area contributed by atoms with Crippen LogP contribution >= 0.6 is 0 Å². The molecule has 1 unspecified atom stereocenters. The smallest absolute Gasteiger partial charge is 0.445 e. The fourth-order valence-corrected chi connectivity index (χ4v) is 1.18. The van der Waals surface area contributed by atoms with Crippen molar-refractivity contribution in [2.45, 2.75) is 13.0 Å². The molecule has 0 aliphatic carbocycles. The zero-order chi connectivity index (χ0) is 11.5. The first-order chi connectivity index (χ1) is 6.90. The van der Waals surface area contributed by atoms with Gasteiger partial charge in [-0.05, 0) is 24.1 Å². The summed E-state index contributed by atoms with van der Waals surface area (Å²) in [7, 11) is 0. The Labute approximate surface area is 86.1 Å². The van der Waals surface area contributed by atoms with Crippen LogP contribution < -0.4 is 5.73 Å². The summed E-state index contributed by atoms with van der Waals surface area (Å²) in [6.45, 7) is -3.20. The van der Waals surface area contributed by atoms with Crippen molar-refractivity contribution in [1.82, 2.24) is 4.98 Å². The van der Waals surface area contributed by atoms with Gasteiger partial charge in [-0.1, -0.05) is 6.08 Å². The molecule has 6 heteroatoms. The Kier molecular flexibility index (Phi) is 3.52. The van der Waals surface area contributed by atoms with Gasteiger partial charge in [0.25, 0.3) is 0 Å². The molecule has 0 aliphatic heterocycles. The zero-order valence-corrected chi connectivity index (χ0v) is 8.20. The van der Waals surface area contributed by atoms with Crippen molar-refractivity contribution in [1.29, 1.82) is 0 Å². The van der Waals surface area contributed by atoms with Gasteiger partial charge < -0.3 is 18.7 Å². The first kappa shape index (κ1) is 11.8. The van der Waals surface area contributed by atoms with Crippen molar-refractivity contribution in [3.8, 4) is 0 Å². The van der Waals surface area contributed by atoms with Gasteiger partial charge in [-0.25, -0.2) is 0 Å². The molecule has 1 aromatic rings. The monoisotopic (exact) mass is 215 g/mol. The van der Waals surface area contributed by atoms with Gasteiger partial charge in [0.2, 0.25) is 0 Å². The number of pyridine rings is 1. The van der Waals surface area contributed by atoms with Gasteiger partial charge in [0.05, 0.1) is 0 Å². The summed E-state index contributed by atoms with van der Waals surface area (Å²) in [4.78, 5) is 3.76. The number of nitrogens with zero attached hydrogens (tertiary/aromatic N) is 1. The minimum Gasteiger partial charge on any atom is -0.445 e. The van der Waals surface area contributed by atoms with Crippen LogP contribution in [0.4, 0.5) is 12.9 Å². The predicted molar refractivity (Wildman–Crippen MR) is 55.0 cm³/mol. The quantitative estimate of drug-likeness (QED) is 0.786. The summed E-state index contributed by atoms with van der Waals surface area (Å²) in [5.41, 5.74) is 6.68. The zero-order valence-electron chi connectivity index (χ0n) is 8.20. The molecule has 2 N–H and O–H groups in total. The van der Waals surface area contributed by atoms with E-state index in [0.29, 0.717) is 11.1 Å². The fraction of sp³-hybridized carbons (Fsp3) is 0.222. The van der Waals surface area contributed by atoms with Crippen molar-refractivity contribution in [2.24, 2.45) is 5.73 Å². The van der Waals surface area contributed by atoms with Crippen LogP contribution in [0.3, 0.4) is 0 Å². The van der Waals surface area contributed by atoms with Crippen molar-refractivity contribution >= 4 is 13.1 Å². The maximum atomic E-state index is 12.0. The summed E-state index contributed by atoms with van der Waals surface area (Å²) >= 11 is 0. The van der Waals surface area contributed by atoms with Crippen molar-refractivity contribution in [3.05, 3.63) is 35.6 Å². The Morgan fingerprint density at radius 1 is 1.47 bits per heavy atom. The van der Waals surface area contributed by atoms with E-state index in [-0.39, 0.29) is 12.0 Å². The average molecular weight is 215 g/mol. The Morgan fingerprint density at radius 3 is 2.67 bits per heavy atom. The molecule has 0 saturated heterocycles. The van der Waals surface area contributed by atoms with E-state index in [9.17, 15) is 12.9 Å². The van der Waals surface area contributed by atoms with E-state index in [1.807, 2.05) is 0 Å². The van der Waals surface area contributed by atoms with Crippen molar-refractivity contribution in [3.63, 3.8) is 0 Å². The third-order valence-electron chi connectivity index (χ3n) is 1.87. The second-order valence-corrected chi connectivity index (χ2v) is 3.28. The lowest BCUT2D eigenvalue weighted by Gasteiger charge is -2.11. The molecule has 1 heterocycles. The highest BCUT2D eigenvalue weighted by molar-refractivity contribution is 6.64. The molecule has 2 nitrogen and oxygen atoms in total. The molecule has 15 heavy (non-hydrogen) atoms. The number of halogens is 3. The van der Waals surface area contributed by atoms with E-state index in [4.69, 9.17) is 5.73 Å². The molecule has 0 aliphatic rings. The lowest BCUT2D eigenvalue weighted by atomic mass is 9.90. The van der Waals surface area contributed by atoms with Gasteiger partial charge >= 0.3 is 6.98 Å². The van der Waals surface area contributed by atoms with Crippen LogP contribution in [0, 0.1) is 0 Å². The number of rotatable bonds is 3. The molecule has 0 amide bonds. The Morgan fingerprint density at radius 2 is 2.13 bits per heavy atom. The Bertz CT molecular complexity index is 361. The van der Waals surface area contributed by atoms with E-state index in [1.54, 1.807) is 13.0 Å². The molecule has 0 fully saturated rings. The van der Waals surface area contributed by atoms with E-state index < -0.39 is 6.98 Å². The molecule has 1 rings (SSSR count). The lowest BCUT2D eigenvalue weighted by molar-refractivity contribution is 0.499. The minimum atomic E-state index is -4.91. The SMILES string of the molecule is CC(N)c1ccncc1/C=C/[B-](F)(F)F. The van der Waals surface area contributed by atoms with Gasteiger partial charge in [0.1, 0.15) is 0 Å². The van der Waals surface area contributed by atoms with Crippen LogP contribution in [0.25, 0.3) is 6.08 Å². The summed E-state index contributed by atoms with van der Waals surface area (Å²) in [6.07, 6.45) is 3.89. The molecule has 0 saturated carbocycles. The fourth-order valence-electron chi connectivity index (χ4n) is 1.18. The van der Waals surface area contributed by atoms with Gasteiger partial charge in [-0.2, -0.15) is 0 Å². The maximum absolute atomic E-state index is 12.0. The van der Waals surface area contributed by atoms with Crippen LogP contribution in [0.5, 0.6) is 0 Å². The standard InChI is InChI=1S/C9H11BF3N2/c1-7(14)9-3-5-15-6-8(9)2-4-10(11,12)13/h2-7H,14H2,1H3/q-1/b4-2+. The molecule has 0 spiro atoms. The van der Waals surface area contributed by atoms with Gasteiger partial charge in [0, 0.05) is 18.4 Å². The molecule has 0 radical (unpaired) electrons. The second kappa shape index (κ2) is 4.48. The van der Waals surface area contributed by atoms with E-state index >= 15 is 0 Å². The van der Waals surface area contributed by atoms with E-state index in [2.05, 4.69) is 4.98 Å². The molecule has 0 bridgehead atoms. The largest absolute Gasteiger partial charge is 0.502 e. The number of hydrogen-bond donors (Lipinski definition) is 1. The number of aromatic nitrogens is 1. The van der Waals surface area contributed by atoms with Crippen molar-refractivity contribution < 1.29 is 12.9 Å². The van der Waals surface area contributed by atoms with E-state index in [0.717, 1.165) is 6.08 Å². The van der Waals surface area contributed by atoms with Crippen LogP contribution in [-0.2, 0) is 0 Å². The highest BCUT2D eigenvalue weighted by Gasteiger charge is 2.17. The van der Waals surface area contributed by atoms with Gasteiger partial charge in [0.15, 0.2) is 0 Å². The van der Waals surface area contributed by atoms with Gasteiger partial charge in [-0.15, -0.1) is 5.98 Å². The molecule has 1 aromatic heterocycles. The highest BCUT2D eigenvalue weighted by atomic mass is 19.4. The summed E-state index contributed by atoms with van der Waals surface area (Å²) < 4.78 is 36.0. The van der Waals surface area contributed by atoms with Gasteiger partial charge in [-0.3, -0.25) is 4.98 Å². The highest BCUT2D eigenvalue weighted by Crippen LogP contribution is 2.18. The lowest BCUT2D eigenvalue weighted by Crippen LogP contribution is -2.11. The first-order valence-electron chi connectivity index (χ1n) is 4.49. The first-order valence-corrected chi connectivity index (χ1v) is 4.49. The number of hydrogen-bond acceptors (Lipinski definition) is 2. The summed E-state index contributed by atoms with van der Waals surface area (Å²) in [6, 6.07) is 1.31. The molecule has 82 valence electrons. The summed E-state index contributed by atoms with van der Waals surface area (Å²) in [5.74, 6) is 0.239. The Balaban J connectivity index is 2.99. The minimum absolute atomic E-state index is 0.239. The second-order valence-electron chi connectivity index (χ2n) is 3.28. The van der Waals surface area contributed by atoms with Crippen LogP contribution in [0.2, 0.25) is 0 Å². The molecular weight excluding hydrogens is 204 g/mol. The van der Waals surface area contributed by atoms with E-state index in [1.165, 1.54) is 12.4 Å². The Hall–Kier alpha value is -1.30. The van der Waals surface area contributed by atoms with Crippen LogP contribution in [0.15, 0.2) is 24.4 Å². The predicted octanol–water partition coefficient (Wildman–Crippen LogP) is 2.50. The molecule has 1 atom stereocenters. The molecular formula is C9H11BF3N2-. The van der Waals surface area contributed by atoms with Crippen LogP contribution in [0.1, 0.15) is 24.1 Å². The normalized spacial score (nSPS) is 14.5.